The summed E-state index contributed by atoms with van der Waals surface area (Å²) in [7, 11) is -2.78. The number of ether oxygens (including phenoxy) is 1. The molecule has 24 heavy (non-hydrogen) atoms. The number of fused-ring (bicyclic) bond motifs is 1. The number of carbonyl (C=O) groups excluding carboxylic acids is 1. The molecule has 124 valence electrons. The Balaban J connectivity index is 1.98. The molecule has 1 N–H and O–H groups in total. The summed E-state index contributed by atoms with van der Waals surface area (Å²) in [6.07, 6.45) is 0. The second-order valence-corrected chi connectivity index (χ2v) is 6.71. The molecule has 0 aliphatic heterocycles. The Kier molecular flexibility index (Phi) is 4.12. The number of methoxy groups -OCH3 is 1. The molecule has 10 heteroatoms. The van der Waals surface area contributed by atoms with Gasteiger partial charge in [0.25, 0.3) is 10.0 Å². The highest BCUT2D eigenvalue weighted by molar-refractivity contribution is 7.93. The van der Waals surface area contributed by atoms with Crippen LogP contribution in [-0.4, -0.2) is 31.8 Å². The van der Waals surface area contributed by atoms with E-state index in [1.54, 1.807) is 0 Å². The zero-order chi connectivity index (χ0) is 17.3. The molecule has 0 unspecified atom stereocenters. The largest absolute Gasteiger partial charge is 0.465 e. The first kappa shape index (κ1) is 16.2. The second kappa shape index (κ2) is 6.10. The average molecular weight is 368 g/mol. The van der Waals surface area contributed by atoms with Crippen molar-refractivity contribution in [3.63, 3.8) is 0 Å². The number of aromatic nitrogens is 2. The van der Waals surface area contributed by atoms with Gasteiger partial charge in [0.1, 0.15) is 10.4 Å². The summed E-state index contributed by atoms with van der Waals surface area (Å²) in [6, 6.07) is 8.62. The van der Waals surface area contributed by atoms with Gasteiger partial charge in [-0.3, -0.25) is 4.72 Å². The van der Waals surface area contributed by atoms with Crippen LogP contribution in [0.5, 0.6) is 0 Å². The molecule has 0 saturated carbocycles. The van der Waals surface area contributed by atoms with Crippen LogP contribution in [0.3, 0.4) is 0 Å². The minimum atomic E-state index is -4.04. The van der Waals surface area contributed by atoms with E-state index in [1.165, 1.54) is 43.5 Å². The summed E-state index contributed by atoms with van der Waals surface area (Å²) >= 11 is 6.01. The highest BCUT2D eigenvalue weighted by atomic mass is 35.5. The minimum absolute atomic E-state index is 0.0168. The van der Waals surface area contributed by atoms with E-state index in [0.29, 0.717) is 5.56 Å². The molecule has 1 heterocycles. The van der Waals surface area contributed by atoms with Crippen molar-refractivity contribution in [2.24, 2.45) is 0 Å². The van der Waals surface area contributed by atoms with Crippen LogP contribution in [-0.2, 0) is 14.8 Å². The van der Waals surface area contributed by atoms with Crippen molar-refractivity contribution in [3.05, 3.63) is 47.0 Å². The summed E-state index contributed by atoms with van der Waals surface area (Å²) < 4.78 is 36.7. The van der Waals surface area contributed by atoms with Crippen LogP contribution < -0.4 is 4.72 Å². The number of esters is 1. The smallest absolute Gasteiger partial charge is 0.337 e. The molecule has 3 rings (SSSR count). The van der Waals surface area contributed by atoms with E-state index in [1.807, 2.05) is 0 Å². The predicted octanol–water partition coefficient (Wildman–Crippen LogP) is 2.46. The normalized spacial score (nSPS) is 11.4. The summed E-state index contributed by atoms with van der Waals surface area (Å²) in [5, 5.41) is 7.16. The van der Waals surface area contributed by atoms with Crippen molar-refractivity contribution in [3.8, 4) is 0 Å². The molecule has 0 atom stereocenters. The second-order valence-electron chi connectivity index (χ2n) is 4.68. The molecular weight excluding hydrogens is 358 g/mol. The standard InChI is InChI=1S/C14H10ClN3O5S/c1-22-14(19)8-2-4-9(5-3-8)18-24(20,21)13-10(15)6-7-11-12(13)17-23-16-11/h2-7,18H,1H3. The molecule has 1 aromatic heterocycles. The van der Waals surface area contributed by atoms with E-state index < -0.39 is 16.0 Å². The van der Waals surface area contributed by atoms with Gasteiger partial charge >= 0.3 is 5.97 Å². The molecule has 0 aliphatic rings. The van der Waals surface area contributed by atoms with Crippen LogP contribution in [0.1, 0.15) is 10.4 Å². The van der Waals surface area contributed by atoms with Gasteiger partial charge < -0.3 is 4.74 Å². The maximum absolute atomic E-state index is 12.6. The summed E-state index contributed by atoms with van der Waals surface area (Å²) in [5.74, 6) is -0.522. The number of carbonyl (C=O) groups is 1. The maximum Gasteiger partial charge on any atom is 0.337 e. The van der Waals surface area contributed by atoms with Crippen molar-refractivity contribution < 1.29 is 22.6 Å². The number of halogens is 1. The molecule has 2 aromatic carbocycles. The Labute approximate surface area is 141 Å². The Morgan fingerprint density at radius 2 is 1.88 bits per heavy atom. The Hall–Kier alpha value is -2.65. The van der Waals surface area contributed by atoms with Gasteiger partial charge in [0.05, 0.1) is 17.7 Å². The van der Waals surface area contributed by atoms with Crippen LogP contribution in [0, 0.1) is 0 Å². The minimum Gasteiger partial charge on any atom is -0.465 e. The number of anilines is 1. The molecule has 0 fully saturated rings. The van der Waals surface area contributed by atoms with E-state index in [0.717, 1.165) is 0 Å². The molecular formula is C14H10ClN3O5S. The van der Waals surface area contributed by atoms with Crippen molar-refractivity contribution >= 4 is 44.3 Å². The van der Waals surface area contributed by atoms with Gasteiger partial charge in [-0.1, -0.05) is 11.6 Å². The van der Waals surface area contributed by atoms with E-state index in [2.05, 4.69) is 24.4 Å². The number of nitrogens with zero attached hydrogens (tertiary/aromatic N) is 2. The van der Waals surface area contributed by atoms with E-state index in [-0.39, 0.29) is 26.6 Å². The van der Waals surface area contributed by atoms with Crippen molar-refractivity contribution in [2.75, 3.05) is 11.8 Å². The number of hydrogen-bond acceptors (Lipinski definition) is 7. The SMILES string of the molecule is COC(=O)c1ccc(NS(=O)(=O)c2c(Cl)ccc3nonc23)cc1. The molecule has 0 amide bonds. The van der Waals surface area contributed by atoms with Crippen LogP contribution in [0.15, 0.2) is 45.9 Å². The van der Waals surface area contributed by atoms with Gasteiger partial charge in [0.2, 0.25) is 0 Å². The molecule has 0 bridgehead atoms. The zero-order valence-electron chi connectivity index (χ0n) is 12.2. The lowest BCUT2D eigenvalue weighted by atomic mass is 10.2. The zero-order valence-corrected chi connectivity index (χ0v) is 13.8. The molecule has 0 saturated heterocycles. The van der Waals surface area contributed by atoms with Gasteiger partial charge in [-0.05, 0) is 46.7 Å². The van der Waals surface area contributed by atoms with E-state index in [9.17, 15) is 13.2 Å². The van der Waals surface area contributed by atoms with Gasteiger partial charge in [0, 0.05) is 5.69 Å². The molecule has 0 radical (unpaired) electrons. The highest BCUT2D eigenvalue weighted by Crippen LogP contribution is 2.29. The molecule has 0 aliphatic carbocycles. The van der Waals surface area contributed by atoms with Crippen molar-refractivity contribution in [1.82, 2.24) is 10.3 Å². The Morgan fingerprint density at radius 1 is 1.17 bits per heavy atom. The van der Waals surface area contributed by atoms with Gasteiger partial charge in [-0.2, -0.15) is 0 Å². The summed E-state index contributed by atoms with van der Waals surface area (Å²) in [6.45, 7) is 0. The van der Waals surface area contributed by atoms with Gasteiger partial charge in [-0.25, -0.2) is 17.8 Å². The van der Waals surface area contributed by atoms with Gasteiger partial charge in [0.15, 0.2) is 5.52 Å². The third kappa shape index (κ3) is 2.91. The summed E-state index contributed by atoms with van der Waals surface area (Å²) in [5.41, 5.74) is 0.829. The van der Waals surface area contributed by atoms with Crippen LogP contribution >= 0.6 is 11.6 Å². The van der Waals surface area contributed by atoms with Crippen molar-refractivity contribution in [2.45, 2.75) is 4.90 Å². The van der Waals surface area contributed by atoms with Crippen LogP contribution in [0.4, 0.5) is 5.69 Å². The number of rotatable bonds is 4. The van der Waals surface area contributed by atoms with E-state index >= 15 is 0 Å². The molecule has 8 nitrogen and oxygen atoms in total. The highest BCUT2D eigenvalue weighted by Gasteiger charge is 2.24. The predicted molar refractivity (Wildman–Crippen MR) is 85.4 cm³/mol. The topological polar surface area (TPSA) is 111 Å². The third-order valence-corrected chi connectivity index (χ3v) is 5.04. The fraction of sp³-hybridized carbons (Fsp3) is 0.0714. The average Bonchev–Trinajstić information content (AvgIpc) is 3.02. The summed E-state index contributed by atoms with van der Waals surface area (Å²) in [4.78, 5) is 11.2. The Morgan fingerprint density at radius 3 is 2.54 bits per heavy atom. The van der Waals surface area contributed by atoms with Crippen LogP contribution in [0.25, 0.3) is 11.0 Å². The number of sulfonamides is 1. The van der Waals surface area contributed by atoms with Gasteiger partial charge in [-0.15, -0.1) is 0 Å². The monoisotopic (exact) mass is 367 g/mol. The quantitative estimate of drug-likeness (QED) is 0.705. The molecule has 3 aromatic rings. The lowest BCUT2D eigenvalue weighted by Gasteiger charge is -2.10. The first-order valence-corrected chi connectivity index (χ1v) is 8.40. The first-order chi connectivity index (χ1) is 11.4. The maximum atomic E-state index is 12.6. The lowest BCUT2D eigenvalue weighted by Crippen LogP contribution is -2.14. The van der Waals surface area contributed by atoms with Crippen LogP contribution in [0.2, 0.25) is 5.02 Å². The first-order valence-electron chi connectivity index (χ1n) is 6.54. The fourth-order valence-electron chi connectivity index (χ4n) is 2.06. The Bertz CT molecular complexity index is 1010. The van der Waals surface area contributed by atoms with E-state index in [4.69, 9.17) is 11.6 Å². The number of hydrogen-bond donors (Lipinski definition) is 1. The number of nitrogens with one attached hydrogen (secondary N) is 1. The van der Waals surface area contributed by atoms with Crippen molar-refractivity contribution in [1.29, 1.82) is 0 Å². The fourth-order valence-corrected chi connectivity index (χ4v) is 3.78. The molecule has 0 spiro atoms. The third-order valence-electron chi connectivity index (χ3n) is 3.16. The number of benzene rings is 2. The lowest BCUT2D eigenvalue weighted by molar-refractivity contribution is 0.0601.